The van der Waals surface area contributed by atoms with Gasteiger partial charge in [-0.1, -0.05) is 27.7 Å². The smallest absolute Gasteiger partial charge is 0.274 e. The van der Waals surface area contributed by atoms with E-state index in [0.717, 1.165) is 13.1 Å². The molecule has 0 saturated carbocycles. The first-order valence-corrected chi connectivity index (χ1v) is 6.97. The fourth-order valence-electron chi connectivity index (χ4n) is 2.15. The summed E-state index contributed by atoms with van der Waals surface area (Å²) in [6, 6.07) is 0. The van der Waals surface area contributed by atoms with Crippen LogP contribution in [0.15, 0.2) is 6.20 Å². The van der Waals surface area contributed by atoms with Crippen molar-refractivity contribution in [3.8, 4) is 0 Å². The van der Waals surface area contributed by atoms with Gasteiger partial charge in [-0.25, -0.2) is 0 Å². The van der Waals surface area contributed by atoms with Crippen LogP contribution in [0.5, 0.6) is 0 Å². The third-order valence-electron chi connectivity index (χ3n) is 2.83. The number of nitrogens with zero attached hydrogens (tertiary/aromatic N) is 3. The predicted octanol–water partition coefficient (Wildman–Crippen LogP) is 2.24. The van der Waals surface area contributed by atoms with Gasteiger partial charge in [-0.15, -0.1) is 0 Å². The summed E-state index contributed by atoms with van der Waals surface area (Å²) in [6.45, 7) is 12.5. The van der Waals surface area contributed by atoms with Gasteiger partial charge < -0.3 is 10.6 Å². The van der Waals surface area contributed by atoms with Crippen molar-refractivity contribution < 1.29 is 4.79 Å². The Labute approximate surface area is 115 Å². The number of aryl methyl sites for hydroxylation is 1. The number of hydrogen-bond donors (Lipinski definition) is 1. The van der Waals surface area contributed by atoms with Gasteiger partial charge in [0.1, 0.15) is 5.69 Å². The number of rotatable bonds is 6. The highest BCUT2D eigenvalue weighted by molar-refractivity contribution is 5.97. The highest BCUT2D eigenvalue weighted by Crippen LogP contribution is 2.16. The minimum absolute atomic E-state index is 0.0146. The molecule has 1 heterocycles. The third-order valence-corrected chi connectivity index (χ3v) is 2.83. The molecule has 0 fully saturated rings. The quantitative estimate of drug-likeness (QED) is 0.858. The average Bonchev–Trinajstić information content (AvgIpc) is 2.67. The number of aromatic nitrogens is 2. The topological polar surface area (TPSA) is 64.2 Å². The molecule has 1 aromatic heterocycles. The van der Waals surface area contributed by atoms with Gasteiger partial charge in [0.05, 0.1) is 11.9 Å². The van der Waals surface area contributed by atoms with Gasteiger partial charge in [0.15, 0.2) is 0 Å². The maximum absolute atomic E-state index is 12.7. The minimum Gasteiger partial charge on any atom is -0.396 e. The van der Waals surface area contributed by atoms with Crippen LogP contribution in [0.2, 0.25) is 0 Å². The Balaban J connectivity index is 3.00. The Kier molecular flexibility index (Phi) is 5.39. The Bertz CT molecular complexity index is 413. The lowest BCUT2D eigenvalue weighted by Crippen LogP contribution is -2.38. The van der Waals surface area contributed by atoms with E-state index in [1.807, 2.05) is 11.8 Å². The summed E-state index contributed by atoms with van der Waals surface area (Å²) in [5, 5.41) is 4.14. The van der Waals surface area contributed by atoms with E-state index >= 15 is 0 Å². The lowest BCUT2D eigenvalue weighted by Gasteiger charge is -2.26. The van der Waals surface area contributed by atoms with Crippen LogP contribution in [0.3, 0.4) is 0 Å². The molecule has 1 rings (SSSR count). The van der Waals surface area contributed by atoms with E-state index in [2.05, 4.69) is 32.8 Å². The Hall–Kier alpha value is -1.52. The molecule has 5 nitrogen and oxygen atoms in total. The van der Waals surface area contributed by atoms with E-state index in [1.165, 1.54) is 0 Å². The number of hydrogen-bond acceptors (Lipinski definition) is 3. The van der Waals surface area contributed by atoms with E-state index in [4.69, 9.17) is 5.73 Å². The monoisotopic (exact) mass is 266 g/mol. The molecular weight excluding hydrogens is 240 g/mol. The Morgan fingerprint density at radius 1 is 1.32 bits per heavy atom. The van der Waals surface area contributed by atoms with Crippen LogP contribution in [0.1, 0.15) is 45.1 Å². The van der Waals surface area contributed by atoms with Crippen molar-refractivity contribution in [2.45, 2.75) is 41.2 Å². The fourth-order valence-corrected chi connectivity index (χ4v) is 2.15. The number of amides is 1. The maximum Gasteiger partial charge on any atom is 0.274 e. The van der Waals surface area contributed by atoms with Crippen LogP contribution in [0.25, 0.3) is 0 Å². The molecular formula is C14H26N4O. The average molecular weight is 266 g/mol. The van der Waals surface area contributed by atoms with Crippen molar-refractivity contribution in [1.29, 1.82) is 0 Å². The van der Waals surface area contributed by atoms with Crippen molar-refractivity contribution in [3.63, 3.8) is 0 Å². The van der Waals surface area contributed by atoms with Crippen molar-refractivity contribution >= 4 is 11.6 Å². The summed E-state index contributed by atoms with van der Waals surface area (Å²) < 4.78 is 1.67. The molecule has 0 atom stereocenters. The molecule has 1 aromatic rings. The van der Waals surface area contributed by atoms with Crippen LogP contribution in [0.4, 0.5) is 5.69 Å². The Morgan fingerprint density at radius 3 is 2.26 bits per heavy atom. The van der Waals surface area contributed by atoms with Gasteiger partial charge >= 0.3 is 0 Å². The van der Waals surface area contributed by atoms with Crippen molar-refractivity contribution in [1.82, 2.24) is 14.7 Å². The van der Waals surface area contributed by atoms with E-state index in [1.54, 1.807) is 10.9 Å². The number of nitrogens with two attached hydrogens (primary N) is 1. The summed E-state index contributed by atoms with van der Waals surface area (Å²) in [7, 11) is 0. The zero-order chi connectivity index (χ0) is 14.6. The molecule has 0 aliphatic heterocycles. The zero-order valence-electron chi connectivity index (χ0n) is 12.7. The summed E-state index contributed by atoms with van der Waals surface area (Å²) in [5.74, 6) is 0.850. The molecule has 0 aliphatic rings. The summed E-state index contributed by atoms with van der Waals surface area (Å²) in [4.78, 5) is 14.5. The van der Waals surface area contributed by atoms with Gasteiger partial charge in [0.2, 0.25) is 0 Å². The third kappa shape index (κ3) is 3.98. The first kappa shape index (κ1) is 15.5. The summed E-state index contributed by atoms with van der Waals surface area (Å²) >= 11 is 0. The molecule has 0 aromatic carbocycles. The summed E-state index contributed by atoms with van der Waals surface area (Å²) in [6.07, 6.45) is 1.56. The number of carbonyl (C=O) groups excluding carboxylic acids is 1. The zero-order valence-corrected chi connectivity index (χ0v) is 12.7. The molecule has 0 saturated heterocycles. The molecule has 0 spiro atoms. The van der Waals surface area contributed by atoms with E-state index < -0.39 is 0 Å². The van der Waals surface area contributed by atoms with Gasteiger partial charge in [0.25, 0.3) is 5.91 Å². The van der Waals surface area contributed by atoms with E-state index in [0.29, 0.717) is 29.8 Å². The van der Waals surface area contributed by atoms with Crippen molar-refractivity contribution in [2.75, 3.05) is 18.8 Å². The normalized spacial score (nSPS) is 11.3. The molecule has 0 radical (unpaired) electrons. The molecule has 1 amide bonds. The fraction of sp³-hybridized carbons (Fsp3) is 0.714. The number of anilines is 1. The number of carbonyl (C=O) groups is 1. The number of nitrogen functional groups attached to an aromatic ring is 1. The molecule has 0 unspecified atom stereocenters. The maximum atomic E-state index is 12.7. The minimum atomic E-state index is -0.0146. The molecule has 0 aliphatic carbocycles. The van der Waals surface area contributed by atoms with Gasteiger partial charge in [-0.3, -0.25) is 9.48 Å². The second-order valence-corrected chi connectivity index (χ2v) is 5.76. The van der Waals surface area contributed by atoms with Gasteiger partial charge in [-0.05, 0) is 18.8 Å². The standard InChI is InChI=1S/C14H26N4O/c1-6-18-13(12(15)7-16-18)14(19)17(8-10(2)3)9-11(4)5/h7,10-11H,6,8-9,15H2,1-5H3. The van der Waals surface area contributed by atoms with Crippen molar-refractivity contribution in [3.05, 3.63) is 11.9 Å². The first-order chi connectivity index (χ1) is 8.86. The van der Waals surface area contributed by atoms with Crippen LogP contribution in [0, 0.1) is 11.8 Å². The SMILES string of the molecule is CCn1ncc(N)c1C(=O)N(CC(C)C)CC(C)C. The van der Waals surface area contributed by atoms with Crippen molar-refractivity contribution in [2.24, 2.45) is 11.8 Å². The Morgan fingerprint density at radius 2 is 1.84 bits per heavy atom. The highest BCUT2D eigenvalue weighted by Gasteiger charge is 2.23. The largest absolute Gasteiger partial charge is 0.396 e. The lowest BCUT2D eigenvalue weighted by atomic mass is 10.1. The first-order valence-electron chi connectivity index (χ1n) is 6.97. The lowest BCUT2D eigenvalue weighted by molar-refractivity contribution is 0.0703. The van der Waals surface area contributed by atoms with Crippen LogP contribution in [-0.2, 0) is 6.54 Å². The van der Waals surface area contributed by atoms with E-state index in [9.17, 15) is 4.79 Å². The van der Waals surface area contributed by atoms with Crippen LogP contribution >= 0.6 is 0 Å². The second kappa shape index (κ2) is 6.59. The molecule has 108 valence electrons. The molecule has 2 N–H and O–H groups in total. The van der Waals surface area contributed by atoms with E-state index in [-0.39, 0.29) is 5.91 Å². The second-order valence-electron chi connectivity index (χ2n) is 5.76. The summed E-state index contributed by atoms with van der Waals surface area (Å²) in [5.41, 5.74) is 6.87. The molecule has 5 heteroatoms. The molecule has 0 bridgehead atoms. The van der Waals surface area contributed by atoms with Crippen LogP contribution in [-0.4, -0.2) is 33.7 Å². The van der Waals surface area contributed by atoms with Crippen LogP contribution < -0.4 is 5.73 Å². The van der Waals surface area contributed by atoms with Gasteiger partial charge in [0, 0.05) is 19.6 Å². The van der Waals surface area contributed by atoms with Gasteiger partial charge in [-0.2, -0.15) is 5.10 Å². The highest BCUT2D eigenvalue weighted by atomic mass is 16.2. The predicted molar refractivity (Wildman–Crippen MR) is 77.9 cm³/mol. The molecule has 19 heavy (non-hydrogen) atoms.